The van der Waals surface area contributed by atoms with Gasteiger partial charge >= 0.3 is 0 Å². The van der Waals surface area contributed by atoms with Crippen molar-refractivity contribution in [2.75, 3.05) is 13.1 Å². The van der Waals surface area contributed by atoms with Gasteiger partial charge in [-0.25, -0.2) is 0 Å². The molecule has 0 unspecified atom stereocenters. The summed E-state index contributed by atoms with van der Waals surface area (Å²) in [6, 6.07) is 0. The molecule has 0 bridgehead atoms. The molecule has 1 rings (SSSR count). The Kier molecular flexibility index (Phi) is 26.0. The summed E-state index contributed by atoms with van der Waals surface area (Å²) in [5, 5.41) is 0. The minimum absolute atomic E-state index is 0.319. The van der Waals surface area contributed by atoms with E-state index in [1.54, 1.807) is 0 Å². The molecule has 1 heterocycles. The van der Waals surface area contributed by atoms with Crippen molar-refractivity contribution in [3.63, 3.8) is 0 Å². The smallest absolute Gasteiger partial charge is 0.222 e. The Balaban J connectivity index is -0.000000245. The first-order chi connectivity index (χ1) is 7.84. The molecular formula is C14H33NO. The first-order valence-corrected chi connectivity index (χ1v) is 7.12. The predicted molar refractivity (Wildman–Crippen MR) is 74.8 cm³/mol. The third-order valence-corrected chi connectivity index (χ3v) is 2.01. The maximum absolute atomic E-state index is 11.1. The first kappa shape index (κ1) is 20.8. The zero-order valence-electron chi connectivity index (χ0n) is 12.6. The van der Waals surface area contributed by atoms with Crippen molar-refractivity contribution in [1.29, 1.82) is 0 Å². The van der Waals surface area contributed by atoms with Gasteiger partial charge in [-0.2, -0.15) is 0 Å². The number of likely N-dealkylation sites (tertiary alicyclic amines) is 1. The van der Waals surface area contributed by atoms with Gasteiger partial charge in [-0.05, 0) is 19.3 Å². The number of carbonyl (C=O) groups is 1. The van der Waals surface area contributed by atoms with Crippen LogP contribution in [-0.2, 0) is 4.79 Å². The number of amides is 1. The standard InChI is InChI=1S/C8H15NO.3C2H6/c1-2-8(10)9-6-4-3-5-7-9;3*1-2/h2-7H2,1H3;3*1-2H3. The number of piperidine rings is 1. The summed E-state index contributed by atoms with van der Waals surface area (Å²) in [6.45, 7) is 15.9. The number of hydrogen-bond acceptors (Lipinski definition) is 1. The number of hydrogen-bond donors (Lipinski definition) is 0. The second-order valence-corrected chi connectivity index (χ2v) is 2.80. The van der Waals surface area contributed by atoms with Gasteiger partial charge in [0.2, 0.25) is 5.91 Å². The minimum atomic E-state index is 0.319. The highest BCUT2D eigenvalue weighted by molar-refractivity contribution is 5.75. The normalized spacial score (nSPS) is 13.1. The van der Waals surface area contributed by atoms with E-state index in [1.165, 1.54) is 19.3 Å². The summed E-state index contributed by atoms with van der Waals surface area (Å²) in [5.41, 5.74) is 0. The number of rotatable bonds is 1. The third-order valence-electron chi connectivity index (χ3n) is 2.01. The lowest BCUT2D eigenvalue weighted by Crippen LogP contribution is -2.34. The van der Waals surface area contributed by atoms with Crippen LogP contribution in [0.4, 0.5) is 0 Å². The van der Waals surface area contributed by atoms with E-state index in [-0.39, 0.29) is 0 Å². The van der Waals surface area contributed by atoms with Crippen molar-refractivity contribution in [1.82, 2.24) is 4.90 Å². The Morgan fingerprint density at radius 3 is 1.56 bits per heavy atom. The van der Waals surface area contributed by atoms with Crippen molar-refractivity contribution >= 4 is 5.91 Å². The number of carbonyl (C=O) groups excluding carboxylic acids is 1. The van der Waals surface area contributed by atoms with Gasteiger partial charge in [0.05, 0.1) is 0 Å². The largest absolute Gasteiger partial charge is 0.343 e. The van der Waals surface area contributed by atoms with Crippen LogP contribution in [0.15, 0.2) is 0 Å². The Hall–Kier alpha value is -0.530. The Morgan fingerprint density at radius 1 is 0.875 bits per heavy atom. The van der Waals surface area contributed by atoms with Gasteiger partial charge in [-0.15, -0.1) is 0 Å². The molecule has 0 saturated carbocycles. The maximum Gasteiger partial charge on any atom is 0.222 e. The molecule has 0 aromatic heterocycles. The molecule has 2 heteroatoms. The molecule has 0 radical (unpaired) electrons. The van der Waals surface area contributed by atoms with Crippen LogP contribution in [0.2, 0.25) is 0 Å². The van der Waals surface area contributed by atoms with Gasteiger partial charge < -0.3 is 4.90 Å². The molecule has 1 aliphatic heterocycles. The fourth-order valence-electron chi connectivity index (χ4n) is 1.37. The van der Waals surface area contributed by atoms with Crippen molar-refractivity contribution in [2.45, 2.75) is 74.1 Å². The summed E-state index contributed by atoms with van der Waals surface area (Å²) in [7, 11) is 0. The molecule has 2 nitrogen and oxygen atoms in total. The van der Waals surface area contributed by atoms with Gasteiger partial charge in [0.25, 0.3) is 0 Å². The van der Waals surface area contributed by atoms with Crippen molar-refractivity contribution in [2.24, 2.45) is 0 Å². The fraction of sp³-hybridized carbons (Fsp3) is 0.929. The molecule has 0 N–H and O–H groups in total. The van der Waals surface area contributed by atoms with E-state index >= 15 is 0 Å². The fourth-order valence-corrected chi connectivity index (χ4v) is 1.37. The summed E-state index contributed by atoms with van der Waals surface area (Å²) in [4.78, 5) is 13.1. The van der Waals surface area contributed by atoms with Gasteiger partial charge in [-0.1, -0.05) is 48.5 Å². The van der Waals surface area contributed by atoms with Crippen LogP contribution in [0.25, 0.3) is 0 Å². The molecule has 0 spiro atoms. The van der Waals surface area contributed by atoms with Crippen molar-refractivity contribution in [3.8, 4) is 0 Å². The summed E-state index contributed by atoms with van der Waals surface area (Å²) < 4.78 is 0. The highest BCUT2D eigenvalue weighted by Gasteiger charge is 2.13. The molecule has 0 aliphatic carbocycles. The van der Waals surface area contributed by atoms with Gasteiger partial charge in [-0.3, -0.25) is 4.79 Å². The highest BCUT2D eigenvalue weighted by Crippen LogP contribution is 2.09. The topological polar surface area (TPSA) is 20.3 Å². The van der Waals surface area contributed by atoms with Crippen LogP contribution >= 0.6 is 0 Å². The van der Waals surface area contributed by atoms with Crippen LogP contribution in [0, 0.1) is 0 Å². The van der Waals surface area contributed by atoms with E-state index < -0.39 is 0 Å². The Morgan fingerprint density at radius 2 is 1.25 bits per heavy atom. The molecule has 0 aromatic rings. The molecule has 16 heavy (non-hydrogen) atoms. The molecular weight excluding hydrogens is 198 g/mol. The summed E-state index contributed by atoms with van der Waals surface area (Å²) >= 11 is 0. The predicted octanol–water partition coefficient (Wildman–Crippen LogP) is 4.49. The summed E-state index contributed by atoms with van der Waals surface area (Å²) in [5.74, 6) is 0.319. The van der Waals surface area contributed by atoms with Gasteiger partial charge in [0, 0.05) is 19.5 Å². The van der Waals surface area contributed by atoms with Crippen LogP contribution in [0.1, 0.15) is 74.1 Å². The maximum atomic E-state index is 11.1. The van der Waals surface area contributed by atoms with Gasteiger partial charge in [0.15, 0.2) is 0 Å². The van der Waals surface area contributed by atoms with E-state index in [4.69, 9.17) is 0 Å². The highest BCUT2D eigenvalue weighted by atomic mass is 16.2. The van der Waals surface area contributed by atoms with E-state index in [0.29, 0.717) is 12.3 Å². The lowest BCUT2D eigenvalue weighted by Gasteiger charge is -2.26. The molecule has 0 atom stereocenters. The molecule has 1 saturated heterocycles. The second-order valence-electron chi connectivity index (χ2n) is 2.80. The third kappa shape index (κ3) is 11.5. The first-order valence-electron chi connectivity index (χ1n) is 7.12. The minimum Gasteiger partial charge on any atom is -0.343 e. The van der Waals surface area contributed by atoms with E-state index in [9.17, 15) is 4.79 Å². The zero-order valence-corrected chi connectivity index (χ0v) is 12.6. The summed E-state index contributed by atoms with van der Waals surface area (Å²) in [6.07, 6.45) is 4.37. The molecule has 1 amide bonds. The quantitative estimate of drug-likeness (QED) is 0.651. The Bertz CT molecular complexity index is 118. The van der Waals surface area contributed by atoms with Crippen LogP contribution in [0.3, 0.4) is 0 Å². The van der Waals surface area contributed by atoms with Crippen LogP contribution in [0.5, 0.6) is 0 Å². The zero-order chi connectivity index (χ0) is 13.4. The lowest BCUT2D eigenvalue weighted by atomic mass is 10.1. The molecule has 0 aromatic carbocycles. The van der Waals surface area contributed by atoms with Crippen molar-refractivity contribution in [3.05, 3.63) is 0 Å². The second kappa shape index (κ2) is 20.0. The van der Waals surface area contributed by atoms with E-state index in [2.05, 4.69) is 0 Å². The lowest BCUT2D eigenvalue weighted by molar-refractivity contribution is -0.131. The average molecular weight is 231 g/mol. The van der Waals surface area contributed by atoms with Gasteiger partial charge in [0.1, 0.15) is 0 Å². The molecule has 1 aliphatic rings. The Labute approximate surface area is 103 Å². The van der Waals surface area contributed by atoms with Crippen LogP contribution in [-0.4, -0.2) is 23.9 Å². The van der Waals surface area contributed by atoms with E-state index in [0.717, 1.165) is 13.1 Å². The molecule has 1 fully saturated rings. The van der Waals surface area contributed by atoms with Crippen molar-refractivity contribution < 1.29 is 4.79 Å². The molecule has 100 valence electrons. The SMILES string of the molecule is CC.CC.CC.CCC(=O)N1CCCCC1. The number of nitrogens with zero attached hydrogens (tertiary/aromatic N) is 1. The monoisotopic (exact) mass is 231 g/mol. The van der Waals surface area contributed by atoms with E-state index in [1.807, 2.05) is 53.4 Å². The average Bonchev–Trinajstić information content (AvgIpc) is 2.45. The van der Waals surface area contributed by atoms with Crippen LogP contribution < -0.4 is 0 Å².